The highest BCUT2D eigenvalue weighted by atomic mass is 16.1. The van der Waals surface area contributed by atoms with Crippen molar-refractivity contribution >= 4 is 12.1 Å². The summed E-state index contributed by atoms with van der Waals surface area (Å²) in [5, 5.41) is 0. The van der Waals surface area contributed by atoms with Crippen molar-refractivity contribution in [2.45, 2.75) is 12.3 Å². The number of aldehydes is 1. The van der Waals surface area contributed by atoms with E-state index in [0.29, 0.717) is 11.5 Å². The van der Waals surface area contributed by atoms with Crippen LogP contribution in [0.4, 0.5) is 5.82 Å². The van der Waals surface area contributed by atoms with Gasteiger partial charge in [0.1, 0.15) is 5.82 Å². The van der Waals surface area contributed by atoms with E-state index in [4.69, 9.17) is 0 Å². The van der Waals surface area contributed by atoms with Crippen LogP contribution in [0.1, 0.15) is 28.3 Å². The summed E-state index contributed by atoms with van der Waals surface area (Å²) in [5.74, 6) is 1.35. The summed E-state index contributed by atoms with van der Waals surface area (Å²) in [4.78, 5) is 17.6. The van der Waals surface area contributed by atoms with Gasteiger partial charge in [-0.05, 0) is 24.1 Å². The lowest BCUT2D eigenvalue weighted by Crippen LogP contribution is -2.21. The Morgan fingerprint density at radius 2 is 2.00 bits per heavy atom. The molecular weight excluding hydrogens is 236 g/mol. The van der Waals surface area contributed by atoms with E-state index in [1.54, 1.807) is 12.3 Å². The summed E-state index contributed by atoms with van der Waals surface area (Å²) < 4.78 is 0. The zero-order chi connectivity index (χ0) is 13.1. The molecule has 0 saturated carbocycles. The Morgan fingerprint density at radius 1 is 1.16 bits per heavy atom. The summed E-state index contributed by atoms with van der Waals surface area (Å²) in [6.07, 6.45) is 3.75. The van der Waals surface area contributed by atoms with Gasteiger partial charge in [-0.25, -0.2) is 4.98 Å². The summed E-state index contributed by atoms with van der Waals surface area (Å²) in [6, 6.07) is 14.2. The smallest absolute Gasteiger partial charge is 0.153 e. The van der Waals surface area contributed by atoms with Crippen molar-refractivity contribution in [1.29, 1.82) is 0 Å². The van der Waals surface area contributed by atoms with Crippen LogP contribution >= 0.6 is 0 Å². The van der Waals surface area contributed by atoms with Crippen LogP contribution in [0, 0.1) is 0 Å². The second-order valence-electron chi connectivity index (χ2n) is 4.88. The van der Waals surface area contributed by atoms with Crippen molar-refractivity contribution in [2.75, 3.05) is 18.0 Å². The highest BCUT2D eigenvalue weighted by molar-refractivity contribution is 5.82. The van der Waals surface area contributed by atoms with Gasteiger partial charge in [0.05, 0.1) is 5.56 Å². The maximum atomic E-state index is 11.1. The van der Waals surface area contributed by atoms with E-state index >= 15 is 0 Å². The van der Waals surface area contributed by atoms with Gasteiger partial charge < -0.3 is 4.90 Å². The molecule has 0 bridgehead atoms. The molecule has 0 aliphatic carbocycles. The largest absolute Gasteiger partial charge is 0.355 e. The van der Waals surface area contributed by atoms with E-state index in [9.17, 15) is 4.79 Å². The van der Waals surface area contributed by atoms with E-state index in [0.717, 1.165) is 31.6 Å². The zero-order valence-electron chi connectivity index (χ0n) is 10.7. The molecule has 2 heterocycles. The quantitative estimate of drug-likeness (QED) is 0.787. The number of rotatable bonds is 3. The van der Waals surface area contributed by atoms with Crippen LogP contribution in [0.25, 0.3) is 0 Å². The normalized spacial score (nSPS) is 18.5. The number of benzene rings is 1. The fourth-order valence-corrected chi connectivity index (χ4v) is 2.72. The molecule has 0 N–H and O–H groups in total. The first-order valence-electron chi connectivity index (χ1n) is 6.58. The number of carbonyl (C=O) groups is 1. The van der Waals surface area contributed by atoms with E-state index in [1.165, 1.54) is 5.56 Å². The van der Waals surface area contributed by atoms with Gasteiger partial charge in [0.25, 0.3) is 0 Å². The van der Waals surface area contributed by atoms with Crippen LogP contribution in [-0.2, 0) is 0 Å². The molecule has 3 nitrogen and oxygen atoms in total. The first-order valence-corrected chi connectivity index (χ1v) is 6.58. The molecule has 1 unspecified atom stereocenters. The monoisotopic (exact) mass is 252 g/mol. The number of carbonyl (C=O) groups excluding carboxylic acids is 1. The third-order valence-corrected chi connectivity index (χ3v) is 3.70. The fourth-order valence-electron chi connectivity index (χ4n) is 2.72. The van der Waals surface area contributed by atoms with E-state index in [2.05, 4.69) is 34.1 Å². The average molecular weight is 252 g/mol. The van der Waals surface area contributed by atoms with Crippen molar-refractivity contribution in [2.24, 2.45) is 0 Å². The highest BCUT2D eigenvalue weighted by Gasteiger charge is 2.25. The van der Waals surface area contributed by atoms with Crippen LogP contribution < -0.4 is 4.90 Å². The SMILES string of the molecule is O=Cc1cccnc1N1CCC(c2ccccc2)C1. The van der Waals surface area contributed by atoms with Crippen molar-refractivity contribution in [3.63, 3.8) is 0 Å². The fraction of sp³-hybridized carbons (Fsp3) is 0.250. The molecular formula is C16H16N2O. The molecule has 1 atom stereocenters. The summed E-state index contributed by atoms with van der Waals surface area (Å²) in [7, 11) is 0. The van der Waals surface area contributed by atoms with Crippen molar-refractivity contribution in [1.82, 2.24) is 4.98 Å². The van der Waals surface area contributed by atoms with Gasteiger partial charge >= 0.3 is 0 Å². The topological polar surface area (TPSA) is 33.2 Å². The third kappa shape index (κ3) is 2.36. The van der Waals surface area contributed by atoms with E-state index in [-0.39, 0.29) is 0 Å². The van der Waals surface area contributed by atoms with Gasteiger partial charge in [0.15, 0.2) is 6.29 Å². The molecule has 1 fully saturated rings. The summed E-state index contributed by atoms with van der Waals surface area (Å²) in [5.41, 5.74) is 2.05. The van der Waals surface area contributed by atoms with Crippen molar-refractivity contribution in [3.05, 3.63) is 59.8 Å². The maximum absolute atomic E-state index is 11.1. The first kappa shape index (κ1) is 11.9. The molecule has 1 aliphatic heterocycles. The Hall–Kier alpha value is -2.16. The third-order valence-electron chi connectivity index (χ3n) is 3.70. The summed E-state index contributed by atoms with van der Waals surface area (Å²) >= 11 is 0. The maximum Gasteiger partial charge on any atom is 0.153 e. The molecule has 0 spiro atoms. The molecule has 0 amide bonds. The van der Waals surface area contributed by atoms with Crippen LogP contribution in [0.15, 0.2) is 48.7 Å². The standard InChI is InChI=1S/C16H16N2O/c19-12-15-7-4-9-17-16(15)18-10-8-14(11-18)13-5-2-1-3-6-13/h1-7,9,12,14H,8,10-11H2. The molecule has 1 saturated heterocycles. The molecule has 0 radical (unpaired) electrons. The predicted molar refractivity (Wildman–Crippen MR) is 75.6 cm³/mol. The first-order chi connectivity index (χ1) is 9.38. The van der Waals surface area contributed by atoms with Crippen LogP contribution in [0.5, 0.6) is 0 Å². The minimum Gasteiger partial charge on any atom is -0.355 e. The molecule has 3 heteroatoms. The molecule has 1 aromatic heterocycles. The van der Waals surface area contributed by atoms with Crippen molar-refractivity contribution in [3.8, 4) is 0 Å². The van der Waals surface area contributed by atoms with Gasteiger partial charge in [-0.2, -0.15) is 0 Å². The second-order valence-corrected chi connectivity index (χ2v) is 4.88. The molecule has 1 aromatic carbocycles. The number of hydrogen-bond donors (Lipinski definition) is 0. The Kier molecular flexibility index (Phi) is 3.27. The van der Waals surface area contributed by atoms with Gasteiger partial charge in [-0.1, -0.05) is 30.3 Å². The molecule has 96 valence electrons. The second kappa shape index (κ2) is 5.22. The molecule has 19 heavy (non-hydrogen) atoms. The predicted octanol–water partition coefficient (Wildman–Crippen LogP) is 2.89. The highest BCUT2D eigenvalue weighted by Crippen LogP contribution is 2.30. The van der Waals surface area contributed by atoms with Crippen LogP contribution in [-0.4, -0.2) is 24.4 Å². The van der Waals surface area contributed by atoms with Gasteiger partial charge in [-0.15, -0.1) is 0 Å². The van der Waals surface area contributed by atoms with Gasteiger partial charge in [-0.3, -0.25) is 4.79 Å². The van der Waals surface area contributed by atoms with Crippen molar-refractivity contribution < 1.29 is 4.79 Å². The minimum atomic E-state index is 0.530. The molecule has 2 aromatic rings. The number of nitrogens with zero attached hydrogens (tertiary/aromatic N) is 2. The van der Waals surface area contributed by atoms with Crippen LogP contribution in [0.2, 0.25) is 0 Å². The molecule has 1 aliphatic rings. The Labute approximate surface area is 112 Å². The Bertz CT molecular complexity index is 568. The lowest BCUT2D eigenvalue weighted by atomic mass is 9.99. The van der Waals surface area contributed by atoms with E-state index in [1.807, 2.05) is 12.1 Å². The number of pyridine rings is 1. The Balaban J connectivity index is 1.81. The van der Waals surface area contributed by atoms with Gasteiger partial charge in [0.2, 0.25) is 0 Å². The number of hydrogen-bond acceptors (Lipinski definition) is 3. The zero-order valence-corrected chi connectivity index (χ0v) is 10.7. The average Bonchev–Trinajstić information content (AvgIpc) is 2.98. The van der Waals surface area contributed by atoms with Crippen LogP contribution in [0.3, 0.4) is 0 Å². The Morgan fingerprint density at radius 3 is 2.79 bits per heavy atom. The summed E-state index contributed by atoms with van der Waals surface area (Å²) in [6.45, 7) is 1.89. The lowest BCUT2D eigenvalue weighted by molar-refractivity contribution is 0.112. The number of aromatic nitrogens is 1. The minimum absolute atomic E-state index is 0.530. The lowest BCUT2D eigenvalue weighted by Gasteiger charge is -2.19. The van der Waals surface area contributed by atoms with E-state index < -0.39 is 0 Å². The number of anilines is 1. The van der Waals surface area contributed by atoms with Gasteiger partial charge in [0, 0.05) is 25.2 Å². The molecule has 3 rings (SSSR count).